The predicted molar refractivity (Wildman–Crippen MR) is 196 cm³/mol. The topological polar surface area (TPSA) is 120 Å². The number of hydrogen-bond acceptors (Lipinski definition) is 7. The molecule has 0 radical (unpaired) electrons. The molecule has 272 valence electrons. The third-order valence-electron chi connectivity index (χ3n) is 8.35. The lowest BCUT2D eigenvalue weighted by Crippen LogP contribution is -2.33. The van der Waals surface area contributed by atoms with Crippen molar-refractivity contribution in [2.24, 2.45) is 5.92 Å². The van der Waals surface area contributed by atoms with E-state index in [2.05, 4.69) is 17.6 Å². The van der Waals surface area contributed by atoms with Gasteiger partial charge in [-0.25, -0.2) is 4.79 Å². The molecule has 49 heavy (non-hydrogen) atoms. The molecule has 9 nitrogen and oxygen atoms in total. The molecule has 0 aliphatic carbocycles. The Kier molecular flexibility index (Phi) is 21.9. The second-order valence-corrected chi connectivity index (χ2v) is 12.5. The fourth-order valence-corrected chi connectivity index (χ4v) is 5.64. The van der Waals surface area contributed by atoms with Gasteiger partial charge in [0.05, 0.1) is 18.9 Å². The fraction of sp³-hybridized carbons (Fsp3) is 0.600. The highest BCUT2D eigenvalue weighted by Crippen LogP contribution is 2.29. The summed E-state index contributed by atoms with van der Waals surface area (Å²) in [6.07, 6.45) is 19.4. The van der Waals surface area contributed by atoms with Gasteiger partial charge in [0.1, 0.15) is 11.7 Å². The Morgan fingerprint density at radius 2 is 1.22 bits per heavy atom. The molecule has 0 fully saturated rings. The number of unbranched alkanes of at least 4 members (excludes halogenated alkanes) is 14. The van der Waals surface area contributed by atoms with Crippen molar-refractivity contribution >= 4 is 35.1 Å². The molecule has 0 saturated heterocycles. The van der Waals surface area contributed by atoms with Crippen LogP contribution in [-0.4, -0.2) is 43.6 Å². The SMILES string of the molecule is CCCCCCCCCCCCCCCCCC(=O)Nc1ccc(NC(=O)C(Cc2ccccc2)C(=O)OCC)cc1OCC(=O)OCC. The number of hydrogen-bond donors (Lipinski definition) is 2. The van der Waals surface area contributed by atoms with Gasteiger partial charge in [-0.05, 0) is 44.4 Å². The molecule has 0 aliphatic rings. The van der Waals surface area contributed by atoms with E-state index < -0.39 is 23.8 Å². The van der Waals surface area contributed by atoms with Crippen LogP contribution in [0.5, 0.6) is 5.75 Å². The maximum absolute atomic E-state index is 13.3. The van der Waals surface area contributed by atoms with Gasteiger partial charge in [0, 0.05) is 18.2 Å². The van der Waals surface area contributed by atoms with Gasteiger partial charge >= 0.3 is 11.9 Å². The second-order valence-electron chi connectivity index (χ2n) is 12.5. The molecule has 9 heteroatoms. The lowest BCUT2D eigenvalue weighted by atomic mass is 9.98. The summed E-state index contributed by atoms with van der Waals surface area (Å²) >= 11 is 0. The lowest BCUT2D eigenvalue weighted by molar-refractivity contribution is -0.151. The minimum atomic E-state index is -1.07. The number of amides is 2. The van der Waals surface area contributed by atoms with E-state index in [0.717, 1.165) is 24.8 Å². The highest BCUT2D eigenvalue weighted by Gasteiger charge is 2.29. The van der Waals surface area contributed by atoms with Crippen LogP contribution in [0.25, 0.3) is 0 Å². The third-order valence-corrected chi connectivity index (χ3v) is 8.35. The number of esters is 2. The summed E-state index contributed by atoms with van der Waals surface area (Å²) in [7, 11) is 0. The first-order valence-corrected chi connectivity index (χ1v) is 18.6. The molecule has 2 aromatic carbocycles. The van der Waals surface area contributed by atoms with Crippen molar-refractivity contribution < 1.29 is 33.4 Å². The predicted octanol–water partition coefficient (Wildman–Crippen LogP) is 9.19. The van der Waals surface area contributed by atoms with Crippen molar-refractivity contribution in [3.8, 4) is 5.75 Å². The average molecular weight is 681 g/mol. The Morgan fingerprint density at radius 1 is 0.653 bits per heavy atom. The summed E-state index contributed by atoms with van der Waals surface area (Å²) in [6, 6.07) is 14.0. The monoisotopic (exact) mass is 680 g/mol. The van der Waals surface area contributed by atoms with Crippen molar-refractivity contribution in [1.82, 2.24) is 0 Å². The normalized spacial score (nSPS) is 11.4. The largest absolute Gasteiger partial charge is 0.480 e. The molecule has 0 heterocycles. The maximum Gasteiger partial charge on any atom is 0.344 e. The molecular formula is C40H60N2O7. The van der Waals surface area contributed by atoms with Crippen LogP contribution >= 0.6 is 0 Å². The Hall–Kier alpha value is -3.88. The van der Waals surface area contributed by atoms with Gasteiger partial charge in [0.15, 0.2) is 6.61 Å². The summed E-state index contributed by atoms with van der Waals surface area (Å²) in [5.74, 6) is -2.74. The number of ether oxygens (including phenoxy) is 3. The zero-order valence-corrected chi connectivity index (χ0v) is 30.2. The minimum absolute atomic E-state index is 0.150. The average Bonchev–Trinajstić information content (AvgIpc) is 3.09. The number of anilines is 2. The summed E-state index contributed by atoms with van der Waals surface area (Å²) in [5.41, 5.74) is 1.53. The van der Waals surface area contributed by atoms with Crippen molar-refractivity contribution in [3.05, 3.63) is 54.1 Å². The molecule has 0 aromatic heterocycles. The van der Waals surface area contributed by atoms with Gasteiger partial charge in [0.25, 0.3) is 0 Å². The molecule has 0 bridgehead atoms. The first-order valence-electron chi connectivity index (χ1n) is 18.6. The molecule has 1 unspecified atom stereocenters. The van der Waals surface area contributed by atoms with E-state index in [4.69, 9.17) is 14.2 Å². The van der Waals surface area contributed by atoms with Gasteiger partial charge in [-0.15, -0.1) is 0 Å². The van der Waals surface area contributed by atoms with Crippen molar-refractivity contribution in [3.63, 3.8) is 0 Å². The van der Waals surface area contributed by atoms with Gasteiger partial charge in [-0.1, -0.05) is 127 Å². The Labute approximate surface area is 294 Å². The van der Waals surface area contributed by atoms with Crippen LogP contribution in [0, 0.1) is 5.92 Å². The van der Waals surface area contributed by atoms with E-state index in [1.807, 2.05) is 30.3 Å². The number of rotatable bonds is 27. The summed E-state index contributed by atoms with van der Waals surface area (Å²) < 4.78 is 15.9. The molecule has 0 saturated carbocycles. The van der Waals surface area contributed by atoms with E-state index in [1.54, 1.807) is 26.0 Å². The standard InChI is InChI=1S/C40H60N2O7/c1-4-7-8-9-10-11-12-13-14-15-16-17-18-19-23-26-37(43)42-35-28-27-33(30-36(35)49-31-38(44)47-5-2)41-39(45)34(40(46)48-6-3)29-32-24-21-20-22-25-32/h20-22,24-25,27-28,30,34H,4-19,23,26,29,31H2,1-3H3,(H,41,45)(H,42,43). The van der Waals surface area contributed by atoms with Crippen LogP contribution in [0.1, 0.15) is 129 Å². The molecular weight excluding hydrogens is 620 g/mol. The van der Waals surface area contributed by atoms with Gasteiger partial charge < -0.3 is 24.8 Å². The van der Waals surface area contributed by atoms with Crippen LogP contribution in [0.2, 0.25) is 0 Å². The molecule has 2 aromatic rings. The highest BCUT2D eigenvalue weighted by molar-refractivity contribution is 6.05. The van der Waals surface area contributed by atoms with Gasteiger partial charge in [-0.3, -0.25) is 14.4 Å². The first kappa shape index (κ1) is 41.3. The van der Waals surface area contributed by atoms with E-state index in [1.165, 1.54) is 83.1 Å². The summed E-state index contributed by atoms with van der Waals surface area (Å²) in [6.45, 7) is 5.64. The second kappa shape index (κ2) is 26.0. The Balaban J connectivity index is 1.85. The van der Waals surface area contributed by atoms with Crippen molar-refractivity contribution in [1.29, 1.82) is 0 Å². The van der Waals surface area contributed by atoms with E-state index >= 15 is 0 Å². The molecule has 2 amide bonds. The molecule has 2 rings (SSSR count). The van der Waals surface area contributed by atoms with E-state index in [-0.39, 0.29) is 37.9 Å². The minimum Gasteiger partial charge on any atom is -0.480 e. The summed E-state index contributed by atoms with van der Waals surface area (Å²) in [4.78, 5) is 50.8. The van der Waals surface area contributed by atoms with Crippen LogP contribution in [-0.2, 0) is 35.1 Å². The first-order chi connectivity index (χ1) is 23.9. The number of benzene rings is 2. The fourth-order valence-electron chi connectivity index (χ4n) is 5.64. The van der Waals surface area contributed by atoms with Crippen LogP contribution < -0.4 is 15.4 Å². The quantitative estimate of drug-likeness (QED) is 0.0548. The van der Waals surface area contributed by atoms with Crippen molar-refractivity contribution in [2.45, 2.75) is 130 Å². The highest BCUT2D eigenvalue weighted by atomic mass is 16.6. The van der Waals surface area contributed by atoms with Crippen LogP contribution in [0.3, 0.4) is 0 Å². The smallest absolute Gasteiger partial charge is 0.344 e. The van der Waals surface area contributed by atoms with Crippen molar-refractivity contribution in [2.75, 3.05) is 30.5 Å². The lowest BCUT2D eigenvalue weighted by Gasteiger charge is -2.17. The molecule has 1 atom stereocenters. The van der Waals surface area contributed by atoms with E-state index in [9.17, 15) is 19.2 Å². The van der Waals surface area contributed by atoms with E-state index in [0.29, 0.717) is 17.8 Å². The molecule has 0 spiro atoms. The van der Waals surface area contributed by atoms with Crippen LogP contribution in [0.4, 0.5) is 11.4 Å². The van der Waals surface area contributed by atoms with Crippen LogP contribution in [0.15, 0.2) is 48.5 Å². The molecule has 0 aliphatic heterocycles. The zero-order valence-electron chi connectivity index (χ0n) is 30.2. The maximum atomic E-state index is 13.3. The number of nitrogens with one attached hydrogen (secondary N) is 2. The molecule has 2 N–H and O–H groups in total. The Morgan fingerprint density at radius 3 is 1.80 bits per heavy atom. The summed E-state index contributed by atoms with van der Waals surface area (Å²) in [5, 5.41) is 5.65. The third kappa shape index (κ3) is 18.5. The van der Waals surface area contributed by atoms with Gasteiger partial charge in [-0.2, -0.15) is 0 Å². The van der Waals surface area contributed by atoms with Gasteiger partial charge in [0.2, 0.25) is 11.8 Å². The zero-order chi connectivity index (χ0) is 35.5. The number of carbonyl (C=O) groups excluding carboxylic acids is 4. The Bertz CT molecular complexity index is 1230. The number of carbonyl (C=O) groups is 4.